The van der Waals surface area contributed by atoms with Crippen molar-refractivity contribution in [1.29, 1.82) is 0 Å². The second kappa shape index (κ2) is 5.29. The third-order valence-electron chi connectivity index (χ3n) is 2.74. The number of nitrogens with one attached hydrogen (secondary N) is 1. The monoisotopic (exact) mass is 205 g/mol. The Morgan fingerprint density at radius 1 is 1.27 bits per heavy atom. The Balaban J connectivity index is 1.93. The molecule has 2 heteroatoms. The Kier molecular flexibility index (Phi) is 3.75. The van der Waals surface area contributed by atoms with Gasteiger partial charge in [-0.3, -0.25) is 0 Å². The summed E-state index contributed by atoms with van der Waals surface area (Å²) >= 11 is 0. The molecule has 0 heterocycles. The van der Waals surface area contributed by atoms with E-state index in [9.17, 15) is 0 Å². The van der Waals surface area contributed by atoms with Gasteiger partial charge >= 0.3 is 0 Å². The first-order chi connectivity index (χ1) is 7.40. The van der Waals surface area contributed by atoms with Crippen LogP contribution in [0.3, 0.4) is 0 Å². The smallest absolute Gasteiger partial charge is 0.0719 e. The van der Waals surface area contributed by atoms with Crippen LogP contribution in [0, 0.1) is 0 Å². The van der Waals surface area contributed by atoms with E-state index in [0.29, 0.717) is 0 Å². The molecule has 0 aliphatic heterocycles. The van der Waals surface area contributed by atoms with Crippen LogP contribution < -0.4 is 5.32 Å². The third-order valence-corrected chi connectivity index (χ3v) is 2.74. The molecule has 0 atom stereocenters. The van der Waals surface area contributed by atoms with E-state index in [1.165, 1.54) is 24.0 Å². The molecule has 1 aromatic carbocycles. The van der Waals surface area contributed by atoms with E-state index in [0.717, 1.165) is 25.8 Å². The van der Waals surface area contributed by atoms with Crippen LogP contribution >= 0.6 is 0 Å². The van der Waals surface area contributed by atoms with Crippen molar-refractivity contribution in [2.45, 2.75) is 39.0 Å². The lowest BCUT2D eigenvalue weighted by atomic mass is 10.1. The number of hydrogen-bond acceptors (Lipinski definition) is 2. The summed E-state index contributed by atoms with van der Waals surface area (Å²) in [4.78, 5) is 0. The molecule has 1 aliphatic rings. The van der Waals surface area contributed by atoms with Gasteiger partial charge in [0.15, 0.2) is 0 Å². The summed E-state index contributed by atoms with van der Waals surface area (Å²) in [5.41, 5.74) is 2.69. The molecular formula is C13H19NO. The Hall–Kier alpha value is -0.860. The van der Waals surface area contributed by atoms with Crippen LogP contribution in [0.4, 0.5) is 0 Å². The van der Waals surface area contributed by atoms with E-state index in [4.69, 9.17) is 4.74 Å². The maximum atomic E-state index is 5.45. The van der Waals surface area contributed by atoms with Gasteiger partial charge in [0.2, 0.25) is 0 Å². The quantitative estimate of drug-likeness (QED) is 0.770. The van der Waals surface area contributed by atoms with Crippen LogP contribution in [0.1, 0.15) is 30.9 Å². The Labute approximate surface area is 91.6 Å². The van der Waals surface area contributed by atoms with Crippen molar-refractivity contribution in [2.24, 2.45) is 0 Å². The predicted octanol–water partition coefficient (Wildman–Crippen LogP) is 2.48. The zero-order valence-corrected chi connectivity index (χ0v) is 9.33. The highest BCUT2D eigenvalue weighted by Gasteiger charge is 2.20. The predicted molar refractivity (Wildman–Crippen MR) is 61.6 cm³/mol. The topological polar surface area (TPSA) is 21.3 Å². The van der Waals surface area contributed by atoms with Crippen LogP contribution in [0.15, 0.2) is 24.3 Å². The van der Waals surface area contributed by atoms with Crippen molar-refractivity contribution in [3.8, 4) is 0 Å². The summed E-state index contributed by atoms with van der Waals surface area (Å²) in [6.07, 6.45) is 2.68. The molecule has 2 nitrogen and oxygen atoms in total. The van der Waals surface area contributed by atoms with Gasteiger partial charge in [0.1, 0.15) is 0 Å². The van der Waals surface area contributed by atoms with E-state index in [2.05, 4.69) is 29.6 Å². The zero-order chi connectivity index (χ0) is 10.5. The molecule has 82 valence electrons. The second-order valence-corrected chi connectivity index (χ2v) is 4.06. The first-order valence-corrected chi connectivity index (χ1v) is 5.78. The molecule has 1 saturated carbocycles. The lowest BCUT2D eigenvalue weighted by molar-refractivity contribution is 0.133. The Morgan fingerprint density at radius 2 is 2.00 bits per heavy atom. The second-order valence-electron chi connectivity index (χ2n) is 4.06. The van der Waals surface area contributed by atoms with Gasteiger partial charge in [-0.2, -0.15) is 0 Å². The molecular weight excluding hydrogens is 186 g/mol. The molecule has 1 aromatic rings. The summed E-state index contributed by atoms with van der Waals surface area (Å²) in [5.74, 6) is 0. The van der Waals surface area contributed by atoms with Crippen molar-refractivity contribution >= 4 is 0 Å². The number of ether oxygens (including phenoxy) is 1. The molecule has 0 spiro atoms. The number of hydrogen-bond donors (Lipinski definition) is 1. The number of rotatable bonds is 6. The van der Waals surface area contributed by atoms with E-state index in [-0.39, 0.29) is 0 Å². The maximum absolute atomic E-state index is 5.45. The molecule has 2 rings (SSSR count). The molecule has 1 fully saturated rings. The molecule has 0 aromatic heterocycles. The highest BCUT2D eigenvalue weighted by atomic mass is 16.5. The standard InChI is InChI=1S/C13H19NO/c1-2-15-10-12-6-4-3-5-11(12)9-14-13-7-8-13/h3-6,13-14H,2,7-10H2,1H3. The van der Waals surface area contributed by atoms with Crippen molar-refractivity contribution in [3.63, 3.8) is 0 Å². The van der Waals surface area contributed by atoms with E-state index < -0.39 is 0 Å². The highest BCUT2D eigenvalue weighted by molar-refractivity contribution is 5.26. The molecule has 0 bridgehead atoms. The summed E-state index contributed by atoms with van der Waals surface area (Å²) in [7, 11) is 0. The summed E-state index contributed by atoms with van der Waals surface area (Å²) < 4.78 is 5.45. The fourth-order valence-corrected chi connectivity index (χ4v) is 1.62. The summed E-state index contributed by atoms with van der Waals surface area (Å²) in [6.45, 7) is 4.53. The van der Waals surface area contributed by atoms with Crippen molar-refractivity contribution in [1.82, 2.24) is 5.32 Å². The van der Waals surface area contributed by atoms with Gasteiger partial charge < -0.3 is 10.1 Å². The lowest BCUT2D eigenvalue weighted by Gasteiger charge is -2.09. The van der Waals surface area contributed by atoms with Gasteiger partial charge in [-0.05, 0) is 30.9 Å². The maximum Gasteiger partial charge on any atom is 0.0719 e. The molecule has 15 heavy (non-hydrogen) atoms. The first-order valence-electron chi connectivity index (χ1n) is 5.78. The molecule has 0 unspecified atom stereocenters. The third kappa shape index (κ3) is 3.33. The normalized spacial score (nSPS) is 15.5. The van der Waals surface area contributed by atoms with Crippen LogP contribution in [0.25, 0.3) is 0 Å². The SMILES string of the molecule is CCOCc1ccccc1CNC1CC1. The summed E-state index contributed by atoms with van der Waals surface area (Å²) in [5, 5.41) is 3.53. The van der Waals surface area contributed by atoms with Gasteiger partial charge in [-0.25, -0.2) is 0 Å². The van der Waals surface area contributed by atoms with Crippen LogP contribution in [-0.2, 0) is 17.9 Å². The van der Waals surface area contributed by atoms with Crippen LogP contribution in [0.2, 0.25) is 0 Å². The largest absolute Gasteiger partial charge is 0.377 e. The van der Waals surface area contributed by atoms with Crippen molar-refractivity contribution in [2.75, 3.05) is 6.61 Å². The average molecular weight is 205 g/mol. The van der Waals surface area contributed by atoms with E-state index in [1.807, 2.05) is 6.92 Å². The van der Waals surface area contributed by atoms with Gasteiger partial charge in [-0.15, -0.1) is 0 Å². The average Bonchev–Trinajstić information content (AvgIpc) is 3.08. The zero-order valence-electron chi connectivity index (χ0n) is 9.33. The Bertz CT molecular complexity index is 307. The highest BCUT2D eigenvalue weighted by Crippen LogP contribution is 2.20. The van der Waals surface area contributed by atoms with Crippen molar-refractivity contribution in [3.05, 3.63) is 35.4 Å². The van der Waals surface area contributed by atoms with Crippen LogP contribution in [0.5, 0.6) is 0 Å². The van der Waals surface area contributed by atoms with Crippen molar-refractivity contribution < 1.29 is 4.74 Å². The molecule has 1 aliphatic carbocycles. The molecule has 1 N–H and O–H groups in total. The number of benzene rings is 1. The van der Waals surface area contributed by atoms with Crippen LogP contribution in [-0.4, -0.2) is 12.6 Å². The van der Waals surface area contributed by atoms with Gasteiger partial charge in [0.25, 0.3) is 0 Å². The fraction of sp³-hybridized carbons (Fsp3) is 0.538. The minimum atomic E-state index is 0.735. The van der Waals surface area contributed by atoms with Gasteiger partial charge in [-0.1, -0.05) is 24.3 Å². The Morgan fingerprint density at radius 3 is 2.67 bits per heavy atom. The minimum absolute atomic E-state index is 0.735. The molecule has 0 saturated heterocycles. The molecule has 0 amide bonds. The molecule has 0 radical (unpaired) electrons. The van der Waals surface area contributed by atoms with E-state index in [1.54, 1.807) is 0 Å². The van der Waals surface area contributed by atoms with E-state index >= 15 is 0 Å². The fourth-order valence-electron chi connectivity index (χ4n) is 1.62. The minimum Gasteiger partial charge on any atom is -0.377 e. The first kappa shape index (κ1) is 10.7. The lowest BCUT2D eigenvalue weighted by Crippen LogP contribution is -2.16. The van der Waals surface area contributed by atoms with Gasteiger partial charge in [0, 0.05) is 19.2 Å². The summed E-state index contributed by atoms with van der Waals surface area (Å²) in [6, 6.07) is 9.28. The van der Waals surface area contributed by atoms with Gasteiger partial charge in [0.05, 0.1) is 6.61 Å².